The third kappa shape index (κ3) is 2.11. The normalized spacial score (nSPS) is 63.5. The first kappa shape index (κ1) is 22.0. The minimum absolute atomic E-state index is 0.143. The van der Waals surface area contributed by atoms with E-state index in [2.05, 4.69) is 13.8 Å². The lowest BCUT2D eigenvalue weighted by atomic mass is 9.44. The Balaban J connectivity index is 1.24. The summed E-state index contributed by atoms with van der Waals surface area (Å²) in [6, 6.07) is 0. The van der Waals surface area contributed by atoms with Crippen molar-refractivity contribution in [2.45, 2.75) is 108 Å². The molecule has 2 bridgehead atoms. The molecule has 34 heavy (non-hydrogen) atoms. The Morgan fingerprint density at radius 1 is 0.971 bits per heavy atom. The lowest BCUT2D eigenvalue weighted by molar-refractivity contribution is -0.200. The van der Waals surface area contributed by atoms with E-state index in [4.69, 9.17) is 9.47 Å². The molecule has 2 heterocycles. The molecule has 186 valence electrons. The first-order valence-corrected chi connectivity index (χ1v) is 13.4. The summed E-state index contributed by atoms with van der Waals surface area (Å²) in [6.45, 7) is 7.96. The highest BCUT2D eigenvalue weighted by Gasteiger charge is 2.79. The number of hydrogen-bond donors (Lipinski definition) is 2. The van der Waals surface area contributed by atoms with E-state index in [9.17, 15) is 19.8 Å². The maximum Gasteiger partial charge on any atom is 0.338 e. The van der Waals surface area contributed by atoms with Gasteiger partial charge < -0.3 is 19.7 Å². The summed E-state index contributed by atoms with van der Waals surface area (Å²) < 4.78 is 12.1. The fourth-order valence-electron chi connectivity index (χ4n) is 10.5. The second-order valence-electron chi connectivity index (χ2n) is 13.8. The molecule has 0 aromatic carbocycles. The van der Waals surface area contributed by atoms with Gasteiger partial charge in [0, 0.05) is 11.3 Å². The van der Waals surface area contributed by atoms with Crippen LogP contribution >= 0.6 is 0 Å². The maximum absolute atomic E-state index is 13.3. The molecule has 0 radical (unpaired) electrons. The van der Waals surface area contributed by atoms with Gasteiger partial charge in [0.15, 0.2) is 11.4 Å². The number of rotatable bonds is 1. The van der Waals surface area contributed by atoms with Gasteiger partial charge in [-0.3, -0.25) is 4.79 Å². The maximum atomic E-state index is 13.3. The molecule has 7 aliphatic rings. The Kier molecular flexibility index (Phi) is 3.88. The SMILES string of the molecule is C[C@]12C[C@H](OC(=O)[C@]1(C)O)[C@@H]([C@]1(O)CC[C@H]3[C@@H]4C[C@H]5O[C@]56CC=CC(=O)[C@]6(C)[C@H]4CC[C@@]31C)C2. The van der Waals surface area contributed by atoms with Crippen molar-refractivity contribution in [1.82, 2.24) is 0 Å². The van der Waals surface area contributed by atoms with Crippen molar-refractivity contribution in [2.75, 3.05) is 0 Å². The zero-order valence-corrected chi connectivity index (χ0v) is 20.8. The van der Waals surface area contributed by atoms with Crippen LogP contribution in [-0.4, -0.2) is 51.0 Å². The molecule has 7 rings (SSSR count). The molecule has 12 atom stereocenters. The topological polar surface area (TPSA) is 96.4 Å². The van der Waals surface area contributed by atoms with E-state index in [-0.39, 0.29) is 40.8 Å². The Hall–Kier alpha value is -1.24. The molecule has 1 spiro atoms. The third-order valence-electron chi connectivity index (χ3n) is 13.0. The number of allylic oxidation sites excluding steroid dienone is 1. The summed E-state index contributed by atoms with van der Waals surface area (Å²) in [7, 11) is 0. The van der Waals surface area contributed by atoms with E-state index in [0.29, 0.717) is 31.1 Å². The van der Waals surface area contributed by atoms with Crippen molar-refractivity contribution in [3.63, 3.8) is 0 Å². The largest absolute Gasteiger partial charge is 0.460 e. The predicted octanol–water partition coefficient (Wildman–Crippen LogP) is 3.33. The number of aliphatic hydroxyl groups is 2. The fraction of sp³-hybridized carbons (Fsp3) is 0.857. The third-order valence-corrected chi connectivity index (χ3v) is 13.0. The van der Waals surface area contributed by atoms with Gasteiger partial charge in [0.05, 0.1) is 17.1 Å². The van der Waals surface area contributed by atoms with Gasteiger partial charge in [-0.1, -0.05) is 19.9 Å². The first-order chi connectivity index (χ1) is 15.8. The van der Waals surface area contributed by atoms with Gasteiger partial charge in [-0.15, -0.1) is 0 Å². The van der Waals surface area contributed by atoms with E-state index < -0.39 is 28.0 Å². The Bertz CT molecular complexity index is 1030. The van der Waals surface area contributed by atoms with Gasteiger partial charge in [-0.05, 0) is 94.5 Å². The monoisotopic (exact) mass is 470 g/mol. The van der Waals surface area contributed by atoms with Crippen LogP contribution in [0.5, 0.6) is 0 Å². The van der Waals surface area contributed by atoms with Crippen molar-refractivity contribution in [2.24, 2.45) is 39.9 Å². The lowest BCUT2D eigenvalue weighted by Crippen LogP contribution is -2.62. The van der Waals surface area contributed by atoms with Gasteiger partial charge in [-0.2, -0.15) is 0 Å². The Morgan fingerprint density at radius 3 is 2.47 bits per heavy atom. The quantitative estimate of drug-likeness (QED) is 0.451. The highest BCUT2D eigenvalue weighted by molar-refractivity contribution is 5.97. The van der Waals surface area contributed by atoms with Gasteiger partial charge >= 0.3 is 5.97 Å². The number of carbonyl (C=O) groups is 2. The number of ether oxygens (including phenoxy) is 2. The van der Waals surface area contributed by atoms with E-state index in [1.807, 2.05) is 13.0 Å². The highest BCUT2D eigenvalue weighted by Crippen LogP contribution is 2.74. The molecule has 2 saturated heterocycles. The summed E-state index contributed by atoms with van der Waals surface area (Å²) in [6.07, 6.45) is 10.00. The summed E-state index contributed by atoms with van der Waals surface area (Å²) in [5.41, 5.74) is -4.13. The number of epoxide rings is 1. The van der Waals surface area contributed by atoms with Crippen LogP contribution in [0.1, 0.15) is 79.1 Å². The molecule has 4 saturated carbocycles. The van der Waals surface area contributed by atoms with E-state index in [1.54, 1.807) is 13.0 Å². The number of fused-ring (bicyclic) bond motifs is 6. The van der Waals surface area contributed by atoms with Crippen LogP contribution in [0.3, 0.4) is 0 Å². The zero-order chi connectivity index (χ0) is 24.1. The van der Waals surface area contributed by atoms with Crippen LogP contribution in [0.15, 0.2) is 12.2 Å². The number of ketones is 1. The van der Waals surface area contributed by atoms with Crippen LogP contribution in [0.2, 0.25) is 0 Å². The molecule has 6 fully saturated rings. The predicted molar refractivity (Wildman–Crippen MR) is 122 cm³/mol. The van der Waals surface area contributed by atoms with Crippen LogP contribution < -0.4 is 0 Å². The van der Waals surface area contributed by atoms with Gasteiger partial charge in [0.25, 0.3) is 0 Å². The van der Waals surface area contributed by atoms with Crippen LogP contribution in [0, 0.1) is 39.9 Å². The first-order valence-electron chi connectivity index (χ1n) is 13.4. The Morgan fingerprint density at radius 2 is 1.71 bits per heavy atom. The molecule has 0 unspecified atom stereocenters. The Labute approximate surface area is 201 Å². The van der Waals surface area contributed by atoms with E-state index in [0.717, 1.165) is 32.1 Å². The molecule has 5 aliphatic carbocycles. The second kappa shape index (κ2) is 6.00. The van der Waals surface area contributed by atoms with Crippen molar-refractivity contribution in [3.05, 3.63) is 12.2 Å². The van der Waals surface area contributed by atoms with Gasteiger partial charge in [0.1, 0.15) is 11.7 Å². The van der Waals surface area contributed by atoms with E-state index in [1.165, 1.54) is 0 Å². The van der Waals surface area contributed by atoms with Crippen LogP contribution in [0.25, 0.3) is 0 Å². The van der Waals surface area contributed by atoms with E-state index >= 15 is 0 Å². The second-order valence-corrected chi connectivity index (χ2v) is 13.8. The summed E-state index contributed by atoms with van der Waals surface area (Å²) in [5.74, 6) is 0.459. The van der Waals surface area contributed by atoms with Crippen LogP contribution in [-0.2, 0) is 19.1 Å². The minimum Gasteiger partial charge on any atom is -0.460 e. The highest BCUT2D eigenvalue weighted by atomic mass is 16.6. The smallest absolute Gasteiger partial charge is 0.338 e. The average Bonchev–Trinajstić information content (AvgIpc) is 3.27. The van der Waals surface area contributed by atoms with Gasteiger partial charge in [0.2, 0.25) is 0 Å². The molecule has 0 aromatic heterocycles. The number of hydrogen-bond acceptors (Lipinski definition) is 6. The molecule has 0 aromatic rings. The lowest BCUT2D eigenvalue weighted by Gasteiger charge is -2.59. The number of carbonyl (C=O) groups excluding carboxylic acids is 2. The summed E-state index contributed by atoms with van der Waals surface area (Å²) in [5, 5.41) is 23.5. The van der Waals surface area contributed by atoms with Crippen molar-refractivity contribution in [3.8, 4) is 0 Å². The molecular formula is C28H38O6. The van der Waals surface area contributed by atoms with Crippen LogP contribution in [0.4, 0.5) is 0 Å². The standard InChI is InChI=1S/C28H38O6/c1-23-13-18(19(14-23)33-22(30)26(23,4)31)27(32)11-8-16-15-12-21-28(34-21)9-5-6-20(29)25(28,3)17(15)7-10-24(16,27)2/h5-6,15-19,21,31-32H,7-14H2,1-4H3/t15-,16-,17-,18-,19-,21+,23-,24-,25-,26-,27+,28+/m0/s1. The fourth-order valence-corrected chi connectivity index (χ4v) is 10.5. The number of esters is 1. The van der Waals surface area contributed by atoms with Crippen molar-refractivity contribution >= 4 is 11.8 Å². The van der Waals surface area contributed by atoms with Crippen molar-refractivity contribution in [1.29, 1.82) is 0 Å². The van der Waals surface area contributed by atoms with Crippen molar-refractivity contribution < 1.29 is 29.3 Å². The molecule has 2 aliphatic heterocycles. The summed E-state index contributed by atoms with van der Waals surface area (Å²) >= 11 is 0. The average molecular weight is 471 g/mol. The zero-order valence-electron chi connectivity index (χ0n) is 20.8. The minimum atomic E-state index is -1.52. The van der Waals surface area contributed by atoms with Gasteiger partial charge in [-0.25, -0.2) is 4.79 Å². The molecule has 6 nitrogen and oxygen atoms in total. The molecule has 6 heteroatoms. The molecular weight excluding hydrogens is 432 g/mol. The molecule has 0 amide bonds. The summed E-state index contributed by atoms with van der Waals surface area (Å²) in [4.78, 5) is 25.9. The molecule has 2 N–H and O–H groups in total.